The van der Waals surface area contributed by atoms with E-state index in [1.165, 1.54) is 19.2 Å². The highest BCUT2D eigenvalue weighted by molar-refractivity contribution is 5.98. The summed E-state index contributed by atoms with van der Waals surface area (Å²) in [6.07, 6.45) is -4.57. The molecule has 0 aliphatic heterocycles. The summed E-state index contributed by atoms with van der Waals surface area (Å²) in [6, 6.07) is 12.5. The van der Waals surface area contributed by atoms with Gasteiger partial charge >= 0.3 is 6.18 Å². The molecule has 0 aliphatic carbocycles. The molecule has 6 heteroatoms. The molecule has 2 aromatic carbocycles. The SMILES string of the molecule is COc1ccc(NC(=O)C(C)(C)c2ccccc2)cc1C(F)(F)F. The molecule has 0 bridgehead atoms. The maximum Gasteiger partial charge on any atom is 0.420 e. The normalized spacial score (nSPS) is 11.9. The Bertz CT molecular complexity index is 725. The number of anilines is 1. The topological polar surface area (TPSA) is 38.3 Å². The van der Waals surface area contributed by atoms with Gasteiger partial charge in [-0.15, -0.1) is 0 Å². The Balaban J connectivity index is 2.29. The Kier molecular flexibility index (Phi) is 4.87. The molecule has 3 nitrogen and oxygen atoms in total. The summed E-state index contributed by atoms with van der Waals surface area (Å²) in [5, 5.41) is 2.55. The highest BCUT2D eigenvalue weighted by Crippen LogP contribution is 2.38. The second-order valence-corrected chi connectivity index (χ2v) is 5.86. The number of alkyl halides is 3. The third-order valence-corrected chi connectivity index (χ3v) is 3.83. The smallest absolute Gasteiger partial charge is 0.420 e. The number of rotatable bonds is 4. The number of carbonyl (C=O) groups excluding carboxylic acids is 1. The van der Waals surface area contributed by atoms with Crippen molar-refractivity contribution in [3.05, 3.63) is 59.7 Å². The van der Waals surface area contributed by atoms with Gasteiger partial charge in [-0.3, -0.25) is 4.79 Å². The average molecular weight is 337 g/mol. The predicted molar refractivity (Wildman–Crippen MR) is 86.1 cm³/mol. The number of hydrogen-bond donors (Lipinski definition) is 1. The molecule has 0 aromatic heterocycles. The molecule has 0 saturated heterocycles. The number of carbonyl (C=O) groups is 1. The second-order valence-electron chi connectivity index (χ2n) is 5.86. The Labute approximate surface area is 138 Å². The lowest BCUT2D eigenvalue weighted by Crippen LogP contribution is -2.34. The van der Waals surface area contributed by atoms with Gasteiger partial charge in [0.05, 0.1) is 18.1 Å². The molecule has 0 saturated carbocycles. The number of benzene rings is 2. The van der Waals surface area contributed by atoms with E-state index in [2.05, 4.69) is 5.32 Å². The van der Waals surface area contributed by atoms with E-state index in [9.17, 15) is 18.0 Å². The van der Waals surface area contributed by atoms with Gasteiger partial charge in [0.1, 0.15) is 5.75 Å². The summed E-state index contributed by atoms with van der Waals surface area (Å²) in [5.74, 6) is -0.685. The Hall–Kier alpha value is -2.50. The summed E-state index contributed by atoms with van der Waals surface area (Å²) in [4.78, 5) is 12.5. The fourth-order valence-electron chi connectivity index (χ4n) is 2.28. The van der Waals surface area contributed by atoms with E-state index in [4.69, 9.17) is 4.74 Å². The molecule has 0 fully saturated rings. The quantitative estimate of drug-likeness (QED) is 0.883. The molecule has 0 atom stereocenters. The van der Waals surface area contributed by atoms with Gasteiger partial charge in [0.15, 0.2) is 0 Å². The van der Waals surface area contributed by atoms with Crippen molar-refractivity contribution in [3.8, 4) is 5.75 Å². The van der Waals surface area contributed by atoms with Crippen molar-refractivity contribution >= 4 is 11.6 Å². The van der Waals surface area contributed by atoms with Crippen LogP contribution in [0.15, 0.2) is 48.5 Å². The highest BCUT2D eigenvalue weighted by atomic mass is 19.4. The van der Waals surface area contributed by atoms with E-state index < -0.39 is 23.1 Å². The first-order valence-corrected chi connectivity index (χ1v) is 7.28. The van der Waals surface area contributed by atoms with E-state index in [1.807, 2.05) is 6.07 Å². The van der Waals surface area contributed by atoms with Crippen LogP contribution in [0, 0.1) is 0 Å². The molecule has 0 unspecified atom stereocenters. The maximum absolute atomic E-state index is 13.1. The van der Waals surface area contributed by atoms with Gasteiger partial charge in [-0.05, 0) is 37.6 Å². The molecule has 2 rings (SSSR count). The lowest BCUT2D eigenvalue weighted by molar-refractivity contribution is -0.138. The molecule has 0 aliphatic rings. The first-order chi connectivity index (χ1) is 11.2. The molecule has 0 heterocycles. The molecular weight excluding hydrogens is 319 g/mol. The monoisotopic (exact) mass is 337 g/mol. The minimum atomic E-state index is -4.57. The number of halogens is 3. The van der Waals surface area contributed by atoms with Gasteiger partial charge < -0.3 is 10.1 Å². The van der Waals surface area contributed by atoms with Gasteiger partial charge in [-0.25, -0.2) is 0 Å². The van der Waals surface area contributed by atoms with E-state index >= 15 is 0 Å². The van der Waals surface area contributed by atoms with Crippen molar-refractivity contribution in [2.24, 2.45) is 0 Å². The number of ether oxygens (including phenoxy) is 1. The highest BCUT2D eigenvalue weighted by Gasteiger charge is 2.35. The molecular formula is C18H18F3NO2. The third-order valence-electron chi connectivity index (χ3n) is 3.83. The molecule has 24 heavy (non-hydrogen) atoms. The van der Waals surface area contributed by atoms with Crippen LogP contribution in [0.3, 0.4) is 0 Å². The minimum Gasteiger partial charge on any atom is -0.496 e. The van der Waals surface area contributed by atoms with Gasteiger partial charge in [-0.2, -0.15) is 13.2 Å². The van der Waals surface area contributed by atoms with Crippen LogP contribution in [0.5, 0.6) is 5.75 Å². The van der Waals surface area contributed by atoms with Gasteiger partial charge in [-0.1, -0.05) is 30.3 Å². The number of hydrogen-bond acceptors (Lipinski definition) is 2. The molecule has 1 amide bonds. The standard InChI is InChI=1S/C18H18F3NO2/c1-17(2,12-7-5-4-6-8-12)16(23)22-13-9-10-15(24-3)14(11-13)18(19,20)21/h4-11H,1-3H3,(H,22,23). The van der Waals surface area contributed by atoms with Crippen LogP contribution in [-0.4, -0.2) is 13.0 Å². The van der Waals surface area contributed by atoms with Crippen LogP contribution >= 0.6 is 0 Å². The summed E-state index contributed by atoms with van der Waals surface area (Å²) in [5.41, 5.74) is -0.982. The van der Waals surface area contributed by atoms with Gasteiger partial charge in [0, 0.05) is 5.69 Å². The van der Waals surface area contributed by atoms with Gasteiger partial charge in [0.2, 0.25) is 5.91 Å². The fraction of sp³-hybridized carbons (Fsp3) is 0.278. The predicted octanol–water partition coefficient (Wildman–Crippen LogP) is 4.63. The molecule has 0 spiro atoms. The maximum atomic E-state index is 13.1. The van der Waals surface area contributed by atoms with Crippen molar-refractivity contribution in [2.75, 3.05) is 12.4 Å². The fourth-order valence-corrected chi connectivity index (χ4v) is 2.28. The Morgan fingerprint density at radius 3 is 2.21 bits per heavy atom. The van der Waals surface area contributed by atoms with Crippen molar-refractivity contribution in [2.45, 2.75) is 25.4 Å². The van der Waals surface area contributed by atoms with Crippen LogP contribution in [-0.2, 0) is 16.4 Å². The van der Waals surface area contributed by atoms with Crippen LogP contribution in [0.1, 0.15) is 25.0 Å². The summed E-state index contributed by atoms with van der Waals surface area (Å²) in [7, 11) is 1.17. The largest absolute Gasteiger partial charge is 0.496 e. The molecule has 1 N–H and O–H groups in total. The first kappa shape index (κ1) is 17.8. The Morgan fingerprint density at radius 1 is 1.04 bits per heavy atom. The Morgan fingerprint density at radius 2 is 1.67 bits per heavy atom. The van der Waals surface area contributed by atoms with Crippen LogP contribution in [0.25, 0.3) is 0 Å². The van der Waals surface area contributed by atoms with Crippen LogP contribution in [0.2, 0.25) is 0 Å². The summed E-state index contributed by atoms with van der Waals surface area (Å²) < 4.78 is 43.9. The zero-order valence-corrected chi connectivity index (χ0v) is 13.6. The van der Waals surface area contributed by atoms with Gasteiger partial charge in [0.25, 0.3) is 0 Å². The van der Waals surface area contributed by atoms with Crippen LogP contribution < -0.4 is 10.1 Å². The number of nitrogens with one attached hydrogen (secondary N) is 1. The lowest BCUT2D eigenvalue weighted by Gasteiger charge is -2.24. The average Bonchev–Trinajstić information content (AvgIpc) is 2.54. The summed E-state index contributed by atoms with van der Waals surface area (Å²) in [6.45, 7) is 3.43. The molecule has 0 radical (unpaired) electrons. The van der Waals surface area contributed by atoms with E-state index in [1.54, 1.807) is 38.1 Å². The summed E-state index contributed by atoms with van der Waals surface area (Å²) >= 11 is 0. The third kappa shape index (κ3) is 3.69. The van der Waals surface area contributed by atoms with Crippen molar-refractivity contribution in [1.29, 1.82) is 0 Å². The van der Waals surface area contributed by atoms with E-state index in [-0.39, 0.29) is 11.4 Å². The number of methoxy groups -OCH3 is 1. The van der Waals surface area contributed by atoms with E-state index in [0.717, 1.165) is 11.6 Å². The van der Waals surface area contributed by atoms with Crippen LogP contribution in [0.4, 0.5) is 18.9 Å². The lowest BCUT2D eigenvalue weighted by atomic mass is 9.83. The molecule has 128 valence electrons. The zero-order chi connectivity index (χ0) is 18.0. The number of amides is 1. The minimum absolute atomic E-state index is 0.0668. The van der Waals surface area contributed by atoms with E-state index in [0.29, 0.717) is 0 Å². The molecule has 2 aromatic rings. The second kappa shape index (κ2) is 6.55. The van der Waals surface area contributed by atoms with Crippen molar-refractivity contribution in [3.63, 3.8) is 0 Å². The zero-order valence-electron chi connectivity index (χ0n) is 13.6. The van der Waals surface area contributed by atoms with Crippen molar-refractivity contribution < 1.29 is 22.7 Å². The van der Waals surface area contributed by atoms with Crippen molar-refractivity contribution in [1.82, 2.24) is 0 Å². The first-order valence-electron chi connectivity index (χ1n) is 7.28.